The van der Waals surface area contributed by atoms with E-state index in [1.54, 1.807) is 6.07 Å². The molecule has 7 nitrogen and oxygen atoms in total. The second-order valence-electron chi connectivity index (χ2n) is 12.3. The number of morpholine rings is 1. The van der Waals surface area contributed by atoms with E-state index in [1.165, 1.54) is 0 Å². The fourth-order valence-electron chi connectivity index (χ4n) is 6.61. The molecule has 1 atom stereocenters. The number of benzene rings is 3. The summed E-state index contributed by atoms with van der Waals surface area (Å²) < 4.78 is 38.9. The Kier molecular flexibility index (Phi) is 9.98. The van der Waals surface area contributed by atoms with Crippen molar-refractivity contribution in [1.82, 2.24) is 9.80 Å². The molecule has 0 bridgehead atoms. The van der Waals surface area contributed by atoms with Crippen LogP contribution in [-0.2, 0) is 17.9 Å². The van der Waals surface area contributed by atoms with Gasteiger partial charge in [-0.05, 0) is 73.8 Å². The summed E-state index contributed by atoms with van der Waals surface area (Å²) in [6.45, 7) is 8.54. The SMILES string of the molecule is CC(Oc1cccc(OCCN2CCOCC2)c1)C1CCC(CN2Cc3ccc(OCc4ccccc4)c(F)c3C2=O)CC1. The van der Waals surface area contributed by atoms with Gasteiger partial charge in [0.15, 0.2) is 11.6 Å². The molecule has 2 aliphatic heterocycles. The minimum absolute atomic E-state index is 0.0839. The molecule has 3 aromatic rings. The normalized spacial score (nSPS) is 21.1. The summed E-state index contributed by atoms with van der Waals surface area (Å²) in [5, 5.41) is 0. The molecule has 0 N–H and O–H groups in total. The van der Waals surface area contributed by atoms with Crippen LogP contribution in [-0.4, -0.2) is 67.8 Å². The van der Waals surface area contributed by atoms with Crippen LogP contribution in [0.2, 0.25) is 0 Å². The van der Waals surface area contributed by atoms with Crippen molar-refractivity contribution in [3.63, 3.8) is 0 Å². The summed E-state index contributed by atoms with van der Waals surface area (Å²) in [5.41, 5.74) is 1.86. The van der Waals surface area contributed by atoms with Crippen LogP contribution in [0.1, 0.15) is 54.1 Å². The van der Waals surface area contributed by atoms with Gasteiger partial charge in [0.25, 0.3) is 5.91 Å². The highest BCUT2D eigenvalue weighted by Crippen LogP contribution is 2.36. The molecule has 2 fully saturated rings. The third kappa shape index (κ3) is 7.53. The zero-order valence-electron chi connectivity index (χ0n) is 25.6. The maximum Gasteiger partial charge on any atom is 0.257 e. The number of carbonyl (C=O) groups is 1. The van der Waals surface area contributed by atoms with Crippen molar-refractivity contribution in [2.45, 2.75) is 51.9 Å². The molecule has 6 rings (SSSR count). The maximum absolute atomic E-state index is 15.4. The highest BCUT2D eigenvalue weighted by Gasteiger charge is 2.35. The number of fused-ring (bicyclic) bond motifs is 1. The molecule has 0 spiro atoms. The maximum atomic E-state index is 15.4. The summed E-state index contributed by atoms with van der Waals surface area (Å²) in [5.74, 6) is 1.86. The van der Waals surface area contributed by atoms with E-state index in [-0.39, 0.29) is 29.9 Å². The zero-order chi connectivity index (χ0) is 30.3. The first-order valence-corrected chi connectivity index (χ1v) is 16.0. The van der Waals surface area contributed by atoms with Crippen LogP contribution < -0.4 is 14.2 Å². The molecule has 1 saturated carbocycles. The van der Waals surface area contributed by atoms with Gasteiger partial charge in [-0.15, -0.1) is 0 Å². The fraction of sp³-hybridized carbons (Fsp3) is 0.472. The Hall–Kier alpha value is -3.62. The Balaban J connectivity index is 0.952. The van der Waals surface area contributed by atoms with Gasteiger partial charge in [-0.3, -0.25) is 9.69 Å². The van der Waals surface area contributed by atoms with Crippen LogP contribution in [0.15, 0.2) is 66.7 Å². The lowest BCUT2D eigenvalue weighted by Crippen LogP contribution is -2.38. The van der Waals surface area contributed by atoms with Gasteiger partial charge in [-0.2, -0.15) is 0 Å². The second kappa shape index (κ2) is 14.4. The summed E-state index contributed by atoms with van der Waals surface area (Å²) in [6, 6.07) is 21.0. The standard InChI is InChI=1S/C36H43FN2O5/c1-26(44-32-9-5-8-31(22-32)42-21-18-38-16-19-41-20-17-38)29-12-10-27(11-13-29)23-39-24-30-14-15-33(35(37)34(30)36(39)40)43-25-28-6-3-2-4-7-28/h2-9,14-15,22,26-27,29H,10-13,16-21,23-25H2,1H3. The van der Waals surface area contributed by atoms with Gasteiger partial charge in [-0.1, -0.05) is 42.5 Å². The first-order valence-electron chi connectivity index (χ1n) is 16.0. The van der Waals surface area contributed by atoms with Crippen molar-refractivity contribution in [3.05, 3.63) is 89.2 Å². The monoisotopic (exact) mass is 602 g/mol. The Morgan fingerprint density at radius 2 is 1.70 bits per heavy atom. The van der Waals surface area contributed by atoms with Gasteiger partial charge < -0.3 is 23.8 Å². The zero-order valence-corrected chi connectivity index (χ0v) is 25.6. The van der Waals surface area contributed by atoms with Crippen LogP contribution in [0.4, 0.5) is 4.39 Å². The van der Waals surface area contributed by atoms with Crippen molar-refractivity contribution >= 4 is 5.91 Å². The summed E-state index contributed by atoms with van der Waals surface area (Å²) in [7, 11) is 0. The molecule has 0 aromatic heterocycles. The second-order valence-corrected chi connectivity index (χ2v) is 12.3. The molecule has 1 saturated heterocycles. The number of hydrogen-bond donors (Lipinski definition) is 0. The molecule has 8 heteroatoms. The lowest BCUT2D eigenvalue weighted by molar-refractivity contribution is 0.0322. The van der Waals surface area contributed by atoms with Gasteiger partial charge in [0, 0.05) is 38.8 Å². The number of carbonyl (C=O) groups excluding carboxylic acids is 1. The topological polar surface area (TPSA) is 60.5 Å². The molecule has 3 aromatic carbocycles. The Morgan fingerprint density at radius 1 is 0.932 bits per heavy atom. The summed E-state index contributed by atoms with van der Waals surface area (Å²) >= 11 is 0. The van der Waals surface area contributed by atoms with Crippen molar-refractivity contribution < 1.29 is 28.1 Å². The van der Waals surface area contributed by atoms with E-state index in [1.807, 2.05) is 65.6 Å². The van der Waals surface area contributed by atoms with E-state index in [0.29, 0.717) is 31.5 Å². The average molecular weight is 603 g/mol. The van der Waals surface area contributed by atoms with E-state index in [4.69, 9.17) is 18.9 Å². The minimum Gasteiger partial charge on any atom is -0.492 e. The average Bonchev–Trinajstić information content (AvgIpc) is 3.37. The number of ether oxygens (including phenoxy) is 4. The Labute approximate surface area is 259 Å². The number of rotatable bonds is 12. The van der Waals surface area contributed by atoms with Gasteiger partial charge in [0.2, 0.25) is 0 Å². The van der Waals surface area contributed by atoms with E-state index in [9.17, 15) is 4.79 Å². The van der Waals surface area contributed by atoms with Crippen LogP contribution in [0.5, 0.6) is 17.2 Å². The summed E-state index contributed by atoms with van der Waals surface area (Å²) in [4.78, 5) is 17.4. The molecule has 1 unspecified atom stereocenters. The molecule has 234 valence electrons. The lowest BCUT2D eigenvalue weighted by atomic mass is 9.79. The Morgan fingerprint density at radius 3 is 2.50 bits per heavy atom. The number of amides is 1. The highest BCUT2D eigenvalue weighted by atomic mass is 19.1. The third-order valence-corrected chi connectivity index (χ3v) is 9.23. The van der Waals surface area contributed by atoms with Gasteiger partial charge in [-0.25, -0.2) is 4.39 Å². The van der Waals surface area contributed by atoms with Crippen LogP contribution >= 0.6 is 0 Å². The smallest absolute Gasteiger partial charge is 0.257 e. The molecule has 44 heavy (non-hydrogen) atoms. The van der Waals surface area contributed by atoms with Gasteiger partial charge >= 0.3 is 0 Å². The van der Waals surface area contributed by atoms with Crippen LogP contribution in [0.3, 0.4) is 0 Å². The van der Waals surface area contributed by atoms with Crippen molar-refractivity contribution in [1.29, 1.82) is 0 Å². The van der Waals surface area contributed by atoms with Crippen LogP contribution in [0.25, 0.3) is 0 Å². The fourth-order valence-corrected chi connectivity index (χ4v) is 6.61. The first-order chi connectivity index (χ1) is 21.5. The molecule has 1 amide bonds. The summed E-state index contributed by atoms with van der Waals surface area (Å²) in [6.07, 6.45) is 4.22. The highest BCUT2D eigenvalue weighted by molar-refractivity contribution is 5.99. The molecular weight excluding hydrogens is 559 g/mol. The quantitative estimate of drug-likeness (QED) is 0.241. The van der Waals surface area contributed by atoms with Crippen molar-refractivity contribution in [3.8, 4) is 17.2 Å². The van der Waals surface area contributed by atoms with Gasteiger partial charge in [0.1, 0.15) is 24.7 Å². The number of hydrogen-bond acceptors (Lipinski definition) is 6. The number of nitrogens with zero attached hydrogens (tertiary/aromatic N) is 2. The molecule has 3 aliphatic rings. The predicted molar refractivity (Wildman–Crippen MR) is 167 cm³/mol. The van der Waals surface area contributed by atoms with Crippen LogP contribution in [0, 0.1) is 17.7 Å². The first kappa shape index (κ1) is 30.4. The largest absolute Gasteiger partial charge is 0.492 e. The Bertz CT molecular complexity index is 1390. The predicted octanol–water partition coefficient (Wildman–Crippen LogP) is 6.35. The lowest BCUT2D eigenvalue weighted by Gasteiger charge is -2.34. The van der Waals surface area contributed by atoms with Crippen molar-refractivity contribution in [2.75, 3.05) is 46.0 Å². The van der Waals surface area contributed by atoms with E-state index in [0.717, 1.165) is 81.2 Å². The third-order valence-electron chi connectivity index (χ3n) is 9.23. The van der Waals surface area contributed by atoms with Gasteiger partial charge in [0.05, 0.1) is 24.9 Å². The minimum atomic E-state index is -0.549. The van der Waals surface area contributed by atoms with E-state index < -0.39 is 5.82 Å². The molecular formula is C36H43FN2O5. The van der Waals surface area contributed by atoms with Crippen molar-refractivity contribution in [2.24, 2.45) is 11.8 Å². The van der Waals surface area contributed by atoms with E-state index in [2.05, 4.69) is 11.8 Å². The molecule has 0 radical (unpaired) electrons. The molecule has 1 aliphatic carbocycles. The molecule has 2 heterocycles. The number of halogens is 1. The van der Waals surface area contributed by atoms with E-state index >= 15 is 4.39 Å².